The second kappa shape index (κ2) is 7.23. The first-order chi connectivity index (χ1) is 12.1. The average molecular weight is 452 g/mol. The molecule has 9 heteroatoms. The van der Waals surface area contributed by atoms with Crippen molar-refractivity contribution in [2.45, 2.75) is 21.7 Å². The van der Waals surface area contributed by atoms with E-state index in [0.717, 1.165) is 10.9 Å². The van der Waals surface area contributed by atoms with Crippen molar-refractivity contribution in [1.82, 2.24) is 9.71 Å². The number of aromatic nitrogens is 1. The van der Waals surface area contributed by atoms with E-state index in [1.165, 1.54) is 24.3 Å². The number of alkyl halides is 3. The van der Waals surface area contributed by atoms with E-state index in [9.17, 15) is 8.42 Å². The largest absolute Gasteiger partial charge is 0.358 e. The van der Waals surface area contributed by atoms with Gasteiger partial charge in [0.15, 0.2) is 0 Å². The van der Waals surface area contributed by atoms with Gasteiger partial charge in [0.1, 0.15) is 0 Å². The van der Waals surface area contributed by atoms with Crippen molar-refractivity contribution in [1.29, 1.82) is 0 Å². The Morgan fingerprint density at radius 2 is 1.65 bits per heavy atom. The predicted molar refractivity (Wildman–Crippen MR) is 108 cm³/mol. The summed E-state index contributed by atoms with van der Waals surface area (Å²) in [5, 5.41) is 1.20. The zero-order valence-corrected chi connectivity index (χ0v) is 17.3. The molecule has 0 spiro atoms. The number of aromatic amines is 1. The molecule has 4 nitrogen and oxygen atoms in total. The highest BCUT2D eigenvalue weighted by Gasteiger charge is 2.39. The fourth-order valence-electron chi connectivity index (χ4n) is 2.80. The van der Waals surface area contributed by atoms with Crippen LogP contribution in [-0.4, -0.2) is 17.2 Å². The number of halogens is 4. The van der Waals surface area contributed by atoms with Crippen molar-refractivity contribution in [2.24, 2.45) is 0 Å². The summed E-state index contributed by atoms with van der Waals surface area (Å²) in [6.45, 7) is 1.80. The number of aryl methyl sites for hydroxylation is 1. The highest BCUT2D eigenvalue weighted by molar-refractivity contribution is 7.89. The molecular weight excluding hydrogens is 438 g/mol. The Bertz CT molecular complexity index is 1040. The Morgan fingerprint density at radius 3 is 2.27 bits per heavy atom. The minimum absolute atomic E-state index is 0.0265. The molecule has 0 radical (unpaired) electrons. The van der Waals surface area contributed by atoms with Gasteiger partial charge < -0.3 is 4.98 Å². The van der Waals surface area contributed by atoms with Gasteiger partial charge in [-0.3, -0.25) is 0 Å². The lowest BCUT2D eigenvalue weighted by Crippen LogP contribution is -2.36. The zero-order chi connectivity index (χ0) is 19.1. The molecule has 3 rings (SSSR count). The maximum atomic E-state index is 12.8. The molecule has 0 aliphatic rings. The van der Waals surface area contributed by atoms with Crippen LogP contribution in [0.15, 0.2) is 53.4 Å². The number of hydrogen-bond donors (Lipinski definition) is 2. The third-order valence-corrected chi connectivity index (χ3v) is 6.30. The van der Waals surface area contributed by atoms with E-state index in [1.54, 1.807) is 6.92 Å². The van der Waals surface area contributed by atoms with E-state index in [4.69, 9.17) is 46.4 Å². The normalized spacial score (nSPS) is 13.9. The van der Waals surface area contributed by atoms with Gasteiger partial charge in [-0.1, -0.05) is 64.6 Å². The van der Waals surface area contributed by atoms with Crippen LogP contribution < -0.4 is 4.72 Å². The minimum Gasteiger partial charge on any atom is -0.358 e. The molecule has 1 aromatic heterocycles. The molecule has 1 heterocycles. The quantitative estimate of drug-likeness (QED) is 0.513. The van der Waals surface area contributed by atoms with Crippen LogP contribution in [0.3, 0.4) is 0 Å². The number of fused-ring (bicyclic) bond motifs is 1. The topological polar surface area (TPSA) is 62.0 Å². The first-order valence-electron chi connectivity index (χ1n) is 7.51. The van der Waals surface area contributed by atoms with Crippen molar-refractivity contribution < 1.29 is 8.42 Å². The monoisotopic (exact) mass is 450 g/mol. The van der Waals surface area contributed by atoms with Gasteiger partial charge in [-0.15, -0.1) is 0 Å². The summed E-state index contributed by atoms with van der Waals surface area (Å²) >= 11 is 24.3. The fraction of sp³-hybridized carbons (Fsp3) is 0.176. The average Bonchev–Trinajstić information content (AvgIpc) is 2.87. The van der Waals surface area contributed by atoms with E-state index >= 15 is 0 Å². The van der Waals surface area contributed by atoms with Crippen LogP contribution >= 0.6 is 46.4 Å². The van der Waals surface area contributed by atoms with Gasteiger partial charge in [0, 0.05) is 27.2 Å². The number of para-hydroxylation sites is 1. The van der Waals surface area contributed by atoms with E-state index in [-0.39, 0.29) is 4.90 Å². The SMILES string of the molecule is Cc1[nH]c2ccccc2c1[C@@H](NS(=O)(=O)c1ccc(Cl)cc1)C(Cl)(Cl)Cl. The maximum absolute atomic E-state index is 12.8. The van der Waals surface area contributed by atoms with Crippen molar-refractivity contribution >= 4 is 67.3 Å². The van der Waals surface area contributed by atoms with Gasteiger partial charge >= 0.3 is 0 Å². The summed E-state index contributed by atoms with van der Waals surface area (Å²) in [4.78, 5) is 3.21. The lowest BCUT2D eigenvalue weighted by atomic mass is 10.0. The molecule has 3 aromatic rings. The molecule has 0 unspecified atom stereocenters. The Hall–Kier alpha value is -0.950. The molecule has 0 aliphatic carbocycles. The van der Waals surface area contributed by atoms with Gasteiger partial charge in [0.25, 0.3) is 0 Å². The molecule has 2 aromatic carbocycles. The van der Waals surface area contributed by atoms with E-state index in [2.05, 4.69) is 9.71 Å². The smallest absolute Gasteiger partial charge is 0.241 e. The van der Waals surface area contributed by atoms with Crippen molar-refractivity contribution in [3.63, 3.8) is 0 Å². The molecule has 2 N–H and O–H groups in total. The van der Waals surface area contributed by atoms with Gasteiger partial charge in [0.05, 0.1) is 10.9 Å². The third-order valence-electron chi connectivity index (χ3n) is 3.96. The van der Waals surface area contributed by atoms with Crippen LogP contribution in [0.1, 0.15) is 17.3 Å². The molecule has 0 saturated heterocycles. The van der Waals surface area contributed by atoms with Gasteiger partial charge in [-0.05, 0) is 37.3 Å². The standard InChI is InChI=1S/C17H14Cl4N2O2S/c1-10-15(13-4-2-3-5-14(13)22-10)16(17(19,20)21)23-26(24,25)12-8-6-11(18)7-9-12/h2-9,16,22-23H,1H3/t16-/m1/s1. The third kappa shape index (κ3) is 3.98. The van der Waals surface area contributed by atoms with E-state index in [0.29, 0.717) is 16.3 Å². The lowest BCUT2D eigenvalue weighted by molar-refractivity contribution is 0.558. The summed E-state index contributed by atoms with van der Waals surface area (Å²) in [5.74, 6) is 0. The highest BCUT2D eigenvalue weighted by atomic mass is 35.6. The number of H-pyrrole nitrogens is 1. The maximum Gasteiger partial charge on any atom is 0.241 e. The number of sulfonamides is 1. The highest BCUT2D eigenvalue weighted by Crippen LogP contribution is 2.44. The Balaban J connectivity index is 2.10. The number of hydrogen-bond acceptors (Lipinski definition) is 2. The second-order valence-electron chi connectivity index (χ2n) is 5.76. The van der Waals surface area contributed by atoms with Crippen LogP contribution in [0.2, 0.25) is 5.02 Å². The van der Waals surface area contributed by atoms with Crippen LogP contribution in [0.5, 0.6) is 0 Å². The predicted octanol–water partition coefficient (Wildman–Crippen LogP) is 5.52. The summed E-state index contributed by atoms with van der Waals surface area (Å²) in [7, 11) is -3.95. The Labute approximate surface area is 171 Å². The molecule has 26 heavy (non-hydrogen) atoms. The lowest BCUT2D eigenvalue weighted by Gasteiger charge is -2.26. The van der Waals surface area contributed by atoms with Gasteiger partial charge in [-0.25, -0.2) is 8.42 Å². The molecule has 0 amide bonds. The molecule has 138 valence electrons. The molecule has 0 fully saturated rings. The van der Waals surface area contributed by atoms with Crippen LogP contribution in [0, 0.1) is 6.92 Å². The molecule has 1 atom stereocenters. The molecule has 0 aliphatic heterocycles. The van der Waals surface area contributed by atoms with Crippen molar-refractivity contribution in [3.05, 3.63) is 64.8 Å². The van der Waals surface area contributed by atoms with E-state index in [1.807, 2.05) is 24.3 Å². The fourth-order valence-corrected chi connectivity index (χ4v) is 4.84. The Kier molecular flexibility index (Phi) is 5.50. The number of nitrogens with one attached hydrogen (secondary N) is 2. The van der Waals surface area contributed by atoms with Crippen molar-refractivity contribution in [3.8, 4) is 0 Å². The number of rotatable bonds is 4. The summed E-state index contributed by atoms with van der Waals surface area (Å²) in [6.07, 6.45) is 0. The molecular formula is C17H14Cl4N2O2S. The summed E-state index contributed by atoms with van der Waals surface area (Å²) in [5.41, 5.74) is 2.12. The minimum atomic E-state index is -3.95. The summed E-state index contributed by atoms with van der Waals surface area (Å²) < 4.78 is 26.2. The molecule has 0 bridgehead atoms. The van der Waals surface area contributed by atoms with Crippen LogP contribution in [0.4, 0.5) is 0 Å². The molecule has 0 saturated carbocycles. The second-order valence-corrected chi connectivity index (χ2v) is 10.3. The first-order valence-corrected chi connectivity index (χ1v) is 10.5. The zero-order valence-electron chi connectivity index (χ0n) is 13.4. The summed E-state index contributed by atoms with van der Waals surface area (Å²) in [6, 6.07) is 12.1. The van der Waals surface area contributed by atoms with Gasteiger partial charge in [0.2, 0.25) is 13.8 Å². The Morgan fingerprint density at radius 1 is 1.04 bits per heavy atom. The van der Waals surface area contributed by atoms with Gasteiger partial charge in [-0.2, -0.15) is 4.72 Å². The van der Waals surface area contributed by atoms with Crippen LogP contribution in [0.25, 0.3) is 10.9 Å². The van der Waals surface area contributed by atoms with Crippen LogP contribution in [-0.2, 0) is 10.0 Å². The van der Waals surface area contributed by atoms with E-state index < -0.39 is 19.9 Å². The first kappa shape index (κ1) is 19.8. The van der Waals surface area contributed by atoms with Crippen molar-refractivity contribution in [2.75, 3.05) is 0 Å². The number of benzene rings is 2.